The van der Waals surface area contributed by atoms with Crippen LogP contribution in [0.3, 0.4) is 0 Å². The van der Waals surface area contributed by atoms with Crippen molar-refractivity contribution in [1.82, 2.24) is 14.5 Å². The highest BCUT2D eigenvalue weighted by Gasteiger charge is 2.58. The van der Waals surface area contributed by atoms with Crippen LogP contribution >= 0.6 is 0 Å². The van der Waals surface area contributed by atoms with Gasteiger partial charge in [0, 0.05) is 24.4 Å². The molecule has 2 aromatic heterocycles. The molecular formula is C23H25BN4O7. The van der Waals surface area contributed by atoms with E-state index >= 15 is 0 Å². The lowest BCUT2D eigenvalue weighted by Gasteiger charge is -2.24. The summed E-state index contributed by atoms with van der Waals surface area (Å²) < 4.78 is 30.1. The van der Waals surface area contributed by atoms with E-state index in [4.69, 9.17) is 31.5 Å². The number of aliphatic carboxylic acids is 1. The number of rotatable bonds is 7. The molecule has 2 aliphatic heterocycles. The molecule has 0 saturated carbocycles. The Labute approximate surface area is 202 Å². The van der Waals surface area contributed by atoms with E-state index in [9.17, 15) is 9.90 Å². The molecule has 4 atom stereocenters. The second kappa shape index (κ2) is 8.70. The summed E-state index contributed by atoms with van der Waals surface area (Å²) in [5.74, 6) is -0.208. The van der Waals surface area contributed by atoms with Gasteiger partial charge in [-0.05, 0) is 26.0 Å². The number of aromatic nitrogens is 3. The summed E-state index contributed by atoms with van der Waals surface area (Å²) in [7, 11) is 9.55. The Kier molecular flexibility index (Phi) is 5.82. The average Bonchev–Trinajstić information content (AvgIpc) is 3.45. The van der Waals surface area contributed by atoms with E-state index in [-0.39, 0.29) is 0 Å². The fourth-order valence-corrected chi connectivity index (χ4v) is 4.62. The van der Waals surface area contributed by atoms with Gasteiger partial charge in [0.15, 0.2) is 18.1 Å². The molecule has 11 nitrogen and oxygen atoms in total. The molecule has 0 amide bonds. The molecule has 0 unspecified atom stereocenters. The Morgan fingerprint density at radius 2 is 2.00 bits per heavy atom. The first-order chi connectivity index (χ1) is 16.7. The Balaban J connectivity index is 1.47. The van der Waals surface area contributed by atoms with Crippen molar-refractivity contribution in [2.45, 2.75) is 50.7 Å². The van der Waals surface area contributed by atoms with E-state index in [1.165, 1.54) is 6.33 Å². The molecule has 182 valence electrons. The third-order valence-electron chi connectivity index (χ3n) is 6.13. The van der Waals surface area contributed by atoms with E-state index in [1.807, 2.05) is 12.1 Å². The monoisotopic (exact) mass is 480 g/mol. The van der Waals surface area contributed by atoms with Crippen LogP contribution < -0.4 is 20.3 Å². The largest absolute Gasteiger partial charge is 0.497 e. The maximum absolute atomic E-state index is 11.8. The van der Waals surface area contributed by atoms with Gasteiger partial charge in [0.05, 0.1) is 19.6 Å². The predicted octanol–water partition coefficient (Wildman–Crippen LogP) is 1.36. The second-order valence-corrected chi connectivity index (χ2v) is 8.79. The van der Waals surface area contributed by atoms with Crippen LogP contribution in [0, 0.1) is 0 Å². The zero-order chi connectivity index (χ0) is 24.9. The molecule has 35 heavy (non-hydrogen) atoms. The van der Waals surface area contributed by atoms with Gasteiger partial charge in [0.25, 0.3) is 0 Å². The topological polar surface area (TPSA) is 126 Å². The summed E-state index contributed by atoms with van der Waals surface area (Å²) in [5.41, 5.74) is 1.77. The minimum absolute atomic E-state index is 0.404. The lowest BCUT2D eigenvalue weighted by Crippen LogP contribution is -2.35. The number of fused-ring (bicyclic) bond motifs is 2. The number of benzene rings is 1. The number of methoxy groups -OCH3 is 2. The molecule has 1 aromatic carbocycles. The summed E-state index contributed by atoms with van der Waals surface area (Å²) in [5, 5.41) is 13.5. The fraction of sp³-hybridized carbons (Fsp3) is 0.435. The molecule has 2 radical (unpaired) electrons. The maximum atomic E-state index is 11.8. The first kappa shape index (κ1) is 23.4. The van der Waals surface area contributed by atoms with Gasteiger partial charge in [-0.1, -0.05) is 5.46 Å². The molecule has 12 heteroatoms. The molecule has 0 bridgehead atoms. The highest BCUT2D eigenvalue weighted by Crippen LogP contribution is 2.44. The summed E-state index contributed by atoms with van der Waals surface area (Å²) >= 11 is 0. The van der Waals surface area contributed by atoms with Gasteiger partial charge in [-0.25, -0.2) is 14.8 Å². The highest BCUT2D eigenvalue weighted by atomic mass is 16.8. The number of anilines is 1. The zero-order valence-corrected chi connectivity index (χ0v) is 19.7. The molecule has 0 aliphatic carbocycles. The molecule has 2 saturated heterocycles. The van der Waals surface area contributed by atoms with E-state index in [0.717, 1.165) is 5.56 Å². The van der Waals surface area contributed by atoms with Gasteiger partial charge < -0.3 is 38.7 Å². The number of carbonyl (C=O) groups is 1. The van der Waals surface area contributed by atoms with Crippen molar-refractivity contribution < 1.29 is 33.6 Å². The van der Waals surface area contributed by atoms with E-state index in [2.05, 4.69) is 15.3 Å². The third kappa shape index (κ3) is 4.07. The fourth-order valence-electron chi connectivity index (χ4n) is 4.62. The first-order valence-corrected chi connectivity index (χ1v) is 11.0. The normalized spacial score (nSPS) is 24.9. The van der Waals surface area contributed by atoms with Crippen LogP contribution in [-0.4, -0.2) is 71.8 Å². The molecule has 2 N–H and O–H groups in total. The van der Waals surface area contributed by atoms with Crippen molar-refractivity contribution in [2.24, 2.45) is 0 Å². The molecule has 5 rings (SSSR count). The van der Waals surface area contributed by atoms with Crippen molar-refractivity contribution in [3.05, 3.63) is 36.3 Å². The molecule has 4 heterocycles. The summed E-state index contributed by atoms with van der Waals surface area (Å²) in [6.45, 7) is 3.88. The third-order valence-corrected chi connectivity index (χ3v) is 6.13. The van der Waals surface area contributed by atoms with E-state index in [1.54, 1.807) is 44.9 Å². The Bertz CT molecular complexity index is 1280. The van der Waals surface area contributed by atoms with Gasteiger partial charge in [0.2, 0.25) is 0 Å². The first-order valence-electron chi connectivity index (χ1n) is 11.0. The van der Waals surface area contributed by atoms with Gasteiger partial charge in [-0.15, -0.1) is 0 Å². The second-order valence-electron chi connectivity index (χ2n) is 8.79. The van der Waals surface area contributed by atoms with Gasteiger partial charge in [0.1, 0.15) is 49.3 Å². The van der Waals surface area contributed by atoms with Crippen molar-refractivity contribution in [3.63, 3.8) is 0 Å². The molecule has 2 fully saturated rings. The van der Waals surface area contributed by atoms with Crippen LogP contribution in [0.1, 0.15) is 25.6 Å². The smallest absolute Gasteiger partial charge is 0.335 e. The van der Waals surface area contributed by atoms with Crippen molar-refractivity contribution >= 4 is 36.1 Å². The van der Waals surface area contributed by atoms with Crippen molar-refractivity contribution in [1.29, 1.82) is 0 Å². The van der Waals surface area contributed by atoms with Crippen molar-refractivity contribution in [2.75, 3.05) is 19.5 Å². The van der Waals surface area contributed by atoms with Gasteiger partial charge in [-0.3, -0.25) is 0 Å². The lowest BCUT2D eigenvalue weighted by atomic mass is 9.97. The number of nitrogens with zero attached hydrogens (tertiary/aromatic N) is 3. The van der Waals surface area contributed by atoms with E-state index in [0.29, 0.717) is 40.4 Å². The summed E-state index contributed by atoms with van der Waals surface area (Å²) in [4.78, 5) is 20.6. The molecule has 3 aromatic rings. The maximum Gasteiger partial charge on any atom is 0.335 e. The molecule has 2 aliphatic rings. The van der Waals surface area contributed by atoms with Crippen LogP contribution in [-0.2, 0) is 25.5 Å². The summed E-state index contributed by atoms with van der Waals surface area (Å²) in [6, 6.07) is 5.54. The minimum Gasteiger partial charge on any atom is -0.497 e. The number of nitrogens with one attached hydrogen (secondary N) is 1. The molecule has 0 spiro atoms. The predicted molar refractivity (Wildman–Crippen MR) is 125 cm³/mol. The van der Waals surface area contributed by atoms with Gasteiger partial charge >= 0.3 is 5.97 Å². The number of carboxylic acids is 1. The Morgan fingerprint density at radius 3 is 2.71 bits per heavy atom. The lowest BCUT2D eigenvalue weighted by molar-refractivity contribution is -0.202. The number of hydrogen-bond donors (Lipinski definition) is 2. The number of ether oxygens (including phenoxy) is 5. The number of hydrogen-bond acceptors (Lipinski definition) is 9. The quantitative estimate of drug-likeness (QED) is 0.479. The minimum atomic E-state index is -1.19. The Morgan fingerprint density at radius 1 is 1.23 bits per heavy atom. The Hall–Kier alpha value is -3.35. The standard InChI is InChI=1S/C23H25BN4O7/c1-23(2)34-16-17(35-23)21(33-18(16)22(29)30)28-9-13(24)15-19(26-10-27-20(15)28)25-8-11-5-6-12(31-3)7-14(11)32-4/h5-7,9-10,16-18,21H,8H2,1-4H3,(H,29,30)(H,25,26,27)/t16-,17+,18-,21+/m0/s1. The average molecular weight is 480 g/mol. The van der Waals surface area contributed by atoms with Crippen LogP contribution in [0.4, 0.5) is 5.82 Å². The van der Waals surface area contributed by atoms with E-state index < -0.39 is 36.3 Å². The zero-order valence-electron chi connectivity index (χ0n) is 19.7. The molecular weight excluding hydrogens is 455 g/mol. The van der Waals surface area contributed by atoms with Crippen LogP contribution in [0.15, 0.2) is 30.7 Å². The highest BCUT2D eigenvalue weighted by molar-refractivity contribution is 6.39. The van der Waals surface area contributed by atoms with Crippen LogP contribution in [0.25, 0.3) is 11.0 Å². The van der Waals surface area contributed by atoms with Crippen molar-refractivity contribution in [3.8, 4) is 11.5 Å². The summed E-state index contributed by atoms with van der Waals surface area (Å²) in [6.07, 6.45) is -0.356. The van der Waals surface area contributed by atoms with Crippen LogP contribution in [0.5, 0.6) is 11.5 Å². The number of carboxylic acid groups (broad SMARTS) is 1. The van der Waals surface area contributed by atoms with Gasteiger partial charge in [-0.2, -0.15) is 0 Å². The SMILES string of the molecule is [B]c1cn([C@@H]2O[C@H](C(=O)O)[C@H]3OC(C)(C)O[C@H]32)c2ncnc(NCc3ccc(OC)cc3OC)c12. The van der Waals surface area contributed by atoms with Crippen LogP contribution in [0.2, 0.25) is 0 Å².